The zero-order valence-electron chi connectivity index (χ0n) is 15.1. The van der Waals surface area contributed by atoms with Crippen LogP contribution in [-0.2, 0) is 10.0 Å². The summed E-state index contributed by atoms with van der Waals surface area (Å²) in [6, 6.07) is 10.2. The molecule has 138 valence electrons. The van der Waals surface area contributed by atoms with Gasteiger partial charge in [-0.15, -0.1) is 0 Å². The number of nitro groups is 1. The van der Waals surface area contributed by atoms with Gasteiger partial charge in [0.15, 0.2) is 0 Å². The average Bonchev–Trinajstić information content (AvgIpc) is 3.08. The smallest absolute Gasteiger partial charge is 0.258 e. The highest BCUT2D eigenvalue weighted by molar-refractivity contribution is 7.89. The van der Waals surface area contributed by atoms with Crippen LogP contribution in [0.15, 0.2) is 41.3 Å². The molecule has 7 heteroatoms. The second-order valence-electron chi connectivity index (χ2n) is 6.83. The average molecular weight is 374 g/mol. The Hall–Kier alpha value is -2.25. The maximum atomic E-state index is 13.3. The van der Waals surface area contributed by atoms with Crippen molar-refractivity contribution in [3.8, 4) is 0 Å². The van der Waals surface area contributed by atoms with Crippen LogP contribution in [0.3, 0.4) is 0 Å². The number of nitro benzene ring substituents is 1. The number of rotatable bonds is 4. The Morgan fingerprint density at radius 3 is 2.38 bits per heavy atom. The van der Waals surface area contributed by atoms with Gasteiger partial charge >= 0.3 is 0 Å². The van der Waals surface area contributed by atoms with Crippen molar-refractivity contribution in [1.82, 2.24) is 4.31 Å². The molecule has 0 radical (unpaired) electrons. The molecule has 1 unspecified atom stereocenters. The quantitative estimate of drug-likeness (QED) is 0.597. The Bertz CT molecular complexity index is 952. The lowest BCUT2D eigenvalue weighted by Gasteiger charge is -2.25. The van der Waals surface area contributed by atoms with E-state index in [1.54, 1.807) is 13.8 Å². The van der Waals surface area contributed by atoms with E-state index in [0.717, 1.165) is 24.0 Å². The molecule has 0 spiro atoms. The van der Waals surface area contributed by atoms with Crippen molar-refractivity contribution in [2.24, 2.45) is 0 Å². The topological polar surface area (TPSA) is 80.5 Å². The minimum absolute atomic E-state index is 0.0308. The number of sulfonamides is 1. The minimum Gasteiger partial charge on any atom is -0.258 e. The molecule has 0 bridgehead atoms. The molecule has 0 aromatic heterocycles. The van der Waals surface area contributed by atoms with Crippen molar-refractivity contribution >= 4 is 15.7 Å². The SMILES string of the molecule is Cc1ccc(C2CCCN2S(=O)(=O)c2cc([N+](=O)[O-])cc(C)c2C)cc1. The summed E-state index contributed by atoms with van der Waals surface area (Å²) in [7, 11) is -3.83. The Kier molecular flexibility index (Phi) is 4.86. The van der Waals surface area contributed by atoms with Crippen molar-refractivity contribution in [3.63, 3.8) is 0 Å². The summed E-state index contributed by atoms with van der Waals surface area (Å²) in [5, 5.41) is 11.2. The molecule has 3 rings (SSSR count). The molecule has 1 aliphatic heterocycles. The number of benzene rings is 2. The van der Waals surface area contributed by atoms with E-state index >= 15 is 0 Å². The number of nitrogens with zero attached hydrogens (tertiary/aromatic N) is 2. The van der Waals surface area contributed by atoms with E-state index in [4.69, 9.17) is 0 Å². The third-order valence-corrected chi connectivity index (χ3v) is 7.10. The van der Waals surface area contributed by atoms with Crippen LogP contribution in [0.1, 0.15) is 41.1 Å². The van der Waals surface area contributed by atoms with Crippen LogP contribution in [-0.4, -0.2) is 24.2 Å². The largest absolute Gasteiger partial charge is 0.271 e. The summed E-state index contributed by atoms with van der Waals surface area (Å²) in [6.45, 7) is 5.80. The molecule has 1 saturated heterocycles. The fraction of sp³-hybridized carbons (Fsp3) is 0.368. The highest BCUT2D eigenvalue weighted by Gasteiger charge is 2.37. The lowest BCUT2D eigenvalue weighted by molar-refractivity contribution is -0.385. The first-order valence-electron chi connectivity index (χ1n) is 8.56. The summed E-state index contributed by atoms with van der Waals surface area (Å²) >= 11 is 0. The lowest BCUT2D eigenvalue weighted by Crippen LogP contribution is -2.31. The fourth-order valence-electron chi connectivity index (χ4n) is 3.46. The first-order chi connectivity index (χ1) is 12.2. The van der Waals surface area contributed by atoms with Gasteiger partial charge in [-0.3, -0.25) is 10.1 Å². The first kappa shape index (κ1) is 18.5. The van der Waals surface area contributed by atoms with Gasteiger partial charge in [-0.2, -0.15) is 4.31 Å². The summed E-state index contributed by atoms with van der Waals surface area (Å²) in [4.78, 5) is 10.7. The number of hydrogen-bond donors (Lipinski definition) is 0. The van der Waals surface area contributed by atoms with E-state index in [2.05, 4.69) is 0 Å². The predicted octanol–water partition coefficient (Wildman–Crippen LogP) is 4.05. The van der Waals surface area contributed by atoms with Gasteiger partial charge in [-0.05, 0) is 50.3 Å². The van der Waals surface area contributed by atoms with Crippen molar-refractivity contribution in [2.45, 2.75) is 44.6 Å². The third kappa shape index (κ3) is 3.24. The molecule has 0 aliphatic carbocycles. The van der Waals surface area contributed by atoms with E-state index < -0.39 is 14.9 Å². The lowest BCUT2D eigenvalue weighted by atomic mass is 10.0. The van der Waals surface area contributed by atoms with Gasteiger partial charge in [0.25, 0.3) is 5.69 Å². The molecule has 0 saturated carbocycles. The van der Waals surface area contributed by atoms with Gasteiger partial charge in [0.2, 0.25) is 10.0 Å². The molecule has 1 atom stereocenters. The van der Waals surface area contributed by atoms with Gasteiger partial charge in [0, 0.05) is 18.7 Å². The molecule has 0 N–H and O–H groups in total. The summed E-state index contributed by atoms with van der Waals surface area (Å²) in [6.07, 6.45) is 1.51. The molecule has 1 fully saturated rings. The molecular formula is C19H22N2O4S. The van der Waals surface area contributed by atoms with Crippen LogP contribution in [0.4, 0.5) is 5.69 Å². The number of hydrogen-bond acceptors (Lipinski definition) is 4. The second-order valence-corrected chi connectivity index (χ2v) is 8.69. The van der Waals surface area contributed by atoms with E-state index in [1.807, 2.05) is 31.2 Å². The van der Waals surface area contributed by atoms with E-state index in [1.165, 1.54) is 16.4 Å². The molecule has 6 nitrogen and oxygen atoms in total. The first-order valence-corrected chi connectivity index (χ1v) is 10.00. The van der Waals surface area contributed by atoms with Gasteiger partial charge < -0.3 is 0 Å². The minimum atomic E-state index is -3.83. The predicted molar refractivity (Wildman–Crippen MR) is 99.6 cm³/mol. The third-order valence-electron chi connectivity index (χ3n) is 5.07. The van der Waals surface area contributed by atoms with Crippen LogP contribution in [0.5, 0.6) is 0 Å². The zero-order chi connectivity index (χ0) is 19.1. The van der Waals surface area contributed by atoms with Crippen molar-refractivity contribution < 1.29 is 13.3 Å². The molecule has 2 aromatic rings. The fourth-order valence-corrected chi connectivity index (χ4v) is 5.46. The van der Waals surface area contributed by atoms with Crippen LogP contribution in [0, 0.1) is 30.9 Å². The maximum Gasteiger partial charge on any atom is 0.271 e. The van der Waals surface area contributed by atoms with E-state index in [9.17, 15) is 18.5 Å². The Balaban J connectivity index is 2.07. The molecule has 1 heterocycles. The molecule has 2 aromatic carbocycles. The van der Waals surface area contributed by atoms with Gasteiger partial charge in [0.1, 0.15) is 0 Å². The zero-order valence-corrected chi connectivity index (χ0v) is 15.9. The normalized spacial score (nSPS) is 18.2. The van der Waals surface area contributed by atoms with Crippen LogP contribution >= 0.6 is 0 Å². The van der Waals surface area contributed by atoms with Crippen molar-refractivity contribution in [3.05, 3.63) is 68.8 Å². The standard InChI is InChI=1S/C19H22N2O4S/c1-13-6-8-16(9-7-13)18-5-4-10-20(18)26(24,25)19-12-17(21(22)23)11-14(2)15(19)3/h6-9,11-12,18H,4-5,10H2,1-3H3. The molecule has 0 amide bonds. The van der Waals surface area contributed by atoms with Crippen molar-refractivity contribution in [1.29, 1.82) is 0 Å². The van der Waals surface area contributed by atoms with Gasteiger partial charge in [-0.25, -0.2) is 8.42 Å². The van der Waals surface area contributed by atoms with Gasteiger partial charge in [0.05, 0.1) is 15.9 Å². The van der Waals surface area contributed by atoms with Gasteiger partial charge in [-0.1, -0.05) is 29.8 Å². The molecule has 1 aliphatic rings. The number of non-ortho nitro benzene ring substituents is 1. The monoisotopic (exact) mass is 374 g/mol. The Labute approximate surface area is 153 Å². The Morgan fingerprint density at radius 1 is 1.12 bits per heavy atom. The van der Waals surface area contributed by atoms with E-state index in [-0.39, 0.29) is 16.6 Å². The van der Waals surface area contributed by atoms with Crippen LogP contribution in [0.25, 0.3) is 0 Å². The molecular weight excluding hydrogens is 352 g/mol. The van der Waals surface area contributed by atoms with Crippen LogP contribution < -0.4 is 0 Å². The summed E-state index contributed by atoms with van der Waals surface area (Å²) < 4.78 is 28.2. The Morgan fingerprint density at radius 2 is 1.77 bits per heavy atom. The second kappa shape index (κ2) is 6.81. The molecule has 26 heavy (non-hydrogen) atoms. The maximum absolute atomic E-state index is 13.3. The summed E-state index contributed by atoms with van der Waals surface area (Å²) in [5.41, 5.74) is 3.04. The van der Waals surface area contributed by atoms with Crippen LogP contribution in [0.2, 0.25) is 0 Å². The number of aryl methyl sites for hydroxylation is 2. The summed E-state index contributed by atoms with van der Waals surface area (Å²) in [5.74, 6) is 0. The highest BCUT2D eigenvalue weighted by atomic mass is 32.2. The van der Waals surface area contributed by atoms with E-state index in [0.29, 0.717) is 17.7 Å². The van der Waals surface area contributed by atoms with Crippen molar-refractivity contribution in [2.75, 3.05) is 6.54 Å². The highest BCUT2D eigenvalue weighted by Crippen LogP contribution is 2.38.